The van der Waals surface area contributed by atoms with Crippen LogP contribution in [0.3, 0.4) is 0 Å². The number of nitrogens with zero attached hydrogens (tertiary/aromatic N) is 3. The second kappa shape index (κ2) is 9.05. The topological polar surface area (TPSA) is 50.2 Å². The summed E-state index contributed by atoms with van der Waals surface area (Å²) < 4.78 is 1.96. The van der Waals surface area contributed by atoms with Gasteiger partial charge in [0, 0.05) is 37.0 Å². The minimum absolute atomic E-state index is 0.0769. The summed E-state index contributed by atoms with van der Waals surface area (Å²) in [5, 5.41) is 7.89. The summed E-state index contributed by atoms with van der Waals surface area (Å²) in [4.78, 5) is 14.7. The second-order valence-corrected chi connectivity index (χ2v) is 7.62. The van der Waals surface area contributed by atoms with Gasteiger partial charge in [-0.05, 0) is 38.4 Å². The molecule has 0 bridgehead atoms. The van der Waals surface area contributed by atoms with E-state index in [2.05, 4.69) is 40.7 Å². The van der Waals surface area contributed by atoms with Crippen molar-refractivity contribution in [3.8, 4) is 16.9 Å². The molecule has 1 fully saturated rings. The minimum atomic E-state index is 0.0769. The maximum Gasteiger partial charge on any atom is 0.224 e. The molecule has 0 radical (unpaired) electrons. The van der Waals surface area contributed by atoms with Crippen LogP contribution in [0.5, 0.6) is 0 Å². The molecule has 5 nitrogen and oxygen atoms in total. The van der Waals surface area contributed by atoms with Crippen LogP contribution in [0, 0.1) is 5.92 Å². The number of carbonyl (C=O) groups excluding carboxylic acids is 1. The third-order valence-corrected chi connectivity index (χ3v) is 5.48. The van der Waals surface area contributed by atoms with Gasteiger partial charge in [0.1, 0.15) is 0 Å². The molecule has 1 N–H and O–H groups in total. The fraction of sp³-hybridized carbons (Fsp3) is 0.333. The molecule has 0 spiro atoms. The van der Waals surface area contributed by atoms with E-state index in [0.29, 0.717) is 6.54 Å². The monoisotopic (exact) mass is 388 g/mol. The molecule has 1 amide bonds. The summed E-state index contributed by atoms with van der Waals surface area (Å²) in [7, 11) is 0. The van der Waals surface area contributed by atoms with Crippen molar-refractivity contribution in [1.29, 1.82) is 0 Å². The molecular formula is C24H28N4O. The number of rotatable bonds is 6. The van der Waals surface area contributed by atoms with E-state index in [1.54, 1.807) is 0 Å². The zero-order valence-electron chi connectivity index (χ0n) is 16.9. The first-order valence-electron chi connectivity index (χ1n) is 10.4. The van der Waals surface area contributed by atoms with Gasteiger partial charge in [-0.3, -0.25) is 9.69 Å². The number of para-hydroxylation sites is 1. The van der Waals surface area contributed by atoms with Gasteiger partial charge in [0.25, 0.3) is 0 Å². The van der Waals surface area contributed by atoms with Gasteiger partial charge >= 0.3 is 0 Å². The Bertz CT molecular complexity index is 936. The van der Waals surface area contributed by atoms with Gasteiger partial charge in [0.05, 0.1) is 17.3 Å². The number of hydrogen-bond donors (Lipinski definition) is 1. The number of piperidine rings is 1. The molecule has 3 aromatic rings. The SMILES string of the molecule is CCNC(=O)C1CCCN(Cc2cn(-c3ccccc3)nc2-c2ccccc2)C1. The smallest absolute Gasteiger partial charge is 0.224 e. The van der Waals surface area contributed by atoms with Crippen LogP contribution in [0.1, 0.15) is 25.3 Å². The van der Waals surface area contributed by atoms with Crippen molar-refractivity contribution < 1.29 is 4.79 Å². The van der Waals surface area contributed by atoms with E-state index in [1.165, 1.54) is 5.56 Å². The van der Waals surface area contributed by atoms with Crippen LogP contribution in [-0.4, -0.2) is 40.2 Å². The Morgan fingerprint density at radius 1 is 1.10 bits per heavy atom. The molecule has 2 heterocycles. The highest BCUT2D eigenvalue weighted by Gasteiger charge is 2.26. The predicted octanol–water partition coefficient (Wildman–Crippen LogP) is 3.89. The van der Waals surface area contributed by atoms with E-state index in [1.807, 2.05) is 48.0 Å². The van der Waals surface area contributed by atoms with Crippen LogP contribution in [0.15, 0.2) is 66.9 Å². The normalized spacial score (nSPS) is 17.2. The number of nitrogens with one attached hydrogen (secondary N) is 1. The van der Waals surface area contributed by atoms with Crippen molar-refractivity contribution in [2.75, 3.05) is 19.6 Å². The van der Waals surface area contributed by atoms with Crippen molar-refractivity contribution in [3.63, 3.8) is 0 Å². The lowest BCUT2D eigenvalue weighted by molar-refractivity contribution is -0.126. The highest BCUT2D eigenvalue weighted by Crippen LogP contribution is 2.26. The zero-order valence-corrected chi connectivity index (χ0v) is 16.9. The number of aromatic nitrogens is 2. The van der Waals surface area contributed by atoms with Crippen molar-refractivity contribution in [2.24, 2.45) is 5.92 Å². The number of likely N-dealkylation sites (tertiary alicyclic amines) is 1. The fourth-order valence-electron chi connectivity index (χ4n) is 4.05. The predicted molar refractivity (Wildman–Crippen MR) is 116 cm³/mol. The Balaban J connectivity index is 1.60. The lowest BCUT2D eigenvalue weighted by Gasteiger charge is -2.31. The Morgan fingerprint density at radius 3 is 2.55 bits per heavy atom. The highest BCUT2D eigenvalue weighted by molar-refractivity contribution is 5.78. The molecule has 1 atom stereocenters. The van der Waals surface area contributed by atoms with E-state index >= 15 is 0 Å². The molecule has 1 aliphatic heterocycles. The number of hydrogen-bond acceptors (Lipinski definition) is 3. The average molecular weight is 389 g/mol. The van der Waals surface area contributed by atoms with Gasteiger partial charge in [0.2, 0.25) is 5.91 Å². The molecular weight excluding hydrogens is 360 g/mol. The van der Waals surface area contributed by atoms with Crippen LogP contribution in [0.2, 0.25) is 0 Å². The van der Waals surface area contributed by atoms with Gasteiger partial charge in [-0.25, -0.2) is 4.68 Å². The first kappa shape index (κ1) is 19.4. The summed E-state index contributed by atoms with van der Waals surface area (Å²) in [6.07, 6.45) is 4.15. The second-order valence-electron chi connectivity index (χ2n) is 7.62. The highest BCUT2D eigenvalue weighted by atomic mass is 16.1. The summed E-state index contributed by atoms with van der Waals surface area (Å²) in [5.41, 5.74) is 4.37. The molecule has 1 aromatic heterocycles. The Hall–Kier alpha value is -2.92. The lowest BCUT2D eigenvalue weighted by atomic mass is 9.96. The van der Waals surface area contributed by atoms with E-state index in [-0.39, 0.29) is 11.8 Å². The van der Waals surface area contributed by atoms with Crippen molar-refractivity contribution in [1.82, 2.24) is 20.0 Å². The van der Waals surface area contributed by atoms with Gasteiger partial charge in [-0.15, -0.1) is 0 Å². The molecule has 5 heteroatoms. The zero-order chi connectivity index (χ0) is 20.1. The van der Waals surface area contributed by atoms with Crippen molar-refractivity contribution >= 4 is 5.91 Å². The minimum Gasteiger partial charge on any atom is -0.356 e. The first-order chi connectivity index (χ1) is 14.2. The van der Waals surface area contributed by atoms with Crippen LogP contribution in [0.25, 0.3) is 16.9 Å². The Labute approximate surface area is 172 Å². The summed E-state index contributed by atoms with van der Waals surface area (Å²) >= 11 is 0. The van der Waals surface area contributed by atoms with E-state index in [9.17, 15) is 4.79 Å². The van der Waals surface area contributed by atoms with E-state index < -0.39 is 0 Å². The summed E-state index contributed by atoms with van der Waals surface area (Å²) in [6, 6.07) is 20.5. The Morgan fingerprint density at radius 2 is 1.83 bits per heavy atom. The summed E-state index contributed by atoms with van der Waals surface area (Å²) in [5.74, 6) is 0.258. The van der Waals surface area contributed by atoms with Gasteiger partial charge in [-0.2, -0.15) is 5.10 Å². The number of benzene rings is 2. The maximum absolute atomic E-state index is 12.3. The molecule has 1 aliphatic rings. The first-order valence-corrected chi connectivity index (χ1v) is 10.4. The van der Waals surface area contributed by atoms with E-state index in [0.717, 1.165) is 49.4 Å². The van der Waals surface area contributed by atoms with Crippen molar-refractivity contribution in [2.45, 2.75) is 26.3 Å². The molecule has 2 aromatic carbocycles. The quantitative estimate of drug-likeness (QED) is 0.697. The summed E-state index contributed by atoms with van der Waals surface area (Å²) in [6.45, 7) is 5.28. The van der Waals surface area contributed by atoms with Crippen LogP contribution < -0.4 is 5.32 Å². The number of amides is 1. The molecule has 150 valence electrons. The van der Waals surface area contributed by atoms with Crippen LogP contribution in [-0.2, 0) is 11.3 Å². The molecule has 0 aliphatic carbocycles. The molecule has 4 rings (SSSR count). The van der Waals surface area contributed by atoms with E-state index in [4.69, 9.17) is 5.10 Å². The maximum atomic E-state index is 12.3. The third-order valence-electron chi connectivity index (χ3n) is 5.48. The van der Waals surface area contributed by atoms with Crippen LogP contribution >= 0.6 is 0 Å². The molecule has 0 saturated carbocycles. The van der Waals surface area contributed by atoms with Crippen LogP contribution in [0.4, 0.5) is 0 Å². The average Bonchev–Trinajstić information content (AvgIpc) is 3.19. The van der Waals surface area contributed by atoms with Gasteiger partial charge in [-0.1, -0.05) is 48.5 Å². The van der Waals surface area contributed by atoms with Gasteiger partial charge in [0.15, 0.2) is 0 Å². The fourth-order valence-corrected chi connectivity index (χ4v) is 4.05. The van der Waals surface area contributed by atoms with Crippen molar-refractivity contribution in [3.05, 3.63) is 72.4 Å². The van der Waals surface area contributed by atoms with Gasteiger partial charge < -0.3 is 5.32 Å². The number of carbonyl (C=O) groups is 1. The molecule has 29 heavy (non-hydrogen) atoms. The largest absolute Gasteiger partial charge is 0.356 e. The standard InChI is InChI=1S/C24H28N4O/c1-2-25-24(29)20-12-9-15-27(16-20)17-21-18-28(22-13-7-4-8-14-22)26-23(21)19-10-5-3-6-11-19/h3-8,10-11,13-14,18,20H,2,9,12,15-17H2,1H3,(H,25,29). The third kappa shape index (κ3) is 4.57. The molecule has 1 saturated heterocycles. The lowest BCUT2D eigenvalue weighted by Crippen LogP contribution is -2.42. The molecule has 1 unspecified atom stereocenters. The Kier molecular flexibility index (Phi) is 6.06.